The molecule has 118 valence electrons. The number of rotatable bonds is 5. The fraction of sp³-hybridized carbons (Fsp3) is 0.250. The van der Waals surface area contributed by atoms with Crippen molar-refractivity contribution in [2.24, 2.45) is 0 Å². The summed E-state index contributed by atoms with van der Waals surface area (Å²) in [6.07, 6.45) is -1.34. The van der Waals surface area contributed by atoms with Crippen LogP contribution in [0, 0.1) is 12.7 Å². The molecule has 2 rings (SSSR count). The Morgan fingerprint density at radius 2 is 1.59 bits per heavy atom. The summed E-state index contributed by atoms with van der Waals surface area (Å²) in [6.45, 7) is 2.87. The molecule has 0 fully saturated rings. The summed E-state index contributed by atoms with van der Waals surface area (Å²) >= 11 is 0. The molecule has 2 aromatic carbocycles. The quantitative estimate of drug-likeness (QED) is 0.841. The highest BCUT2D eigenvalue weighted by Gasteiger charge is 2.26. The molecule has 0 aliphatic heterocycles. The van der Waals surface area contributed by atoms with E-state index in [1.165, 1.54) is 19.1 Å². The molecule has 0 saturated carbocycles. The summed E-state index contributed by atoms with van der Waals surface area (Å²) in [5, 5.41) is 0. The third-order valence-electron chi connectivity index (χ3n) is 3.14. The molecule has 0 spiro atoms. The maximum Gasteiger partial charge on any atom is 0.264 e. The smallest absolute Gasteiger partial charge is 0.263 e. The van der Waals surface area contributed by atoms with Crippen LogP contribution in [0.25, 0.3) is 0 Å². The average molecular weight is 325 g/mol. The van der Waals surface area contributed by atoms with Crippen LogP contribution < -0.4 is 4.31 Å². The van der Waals surface area contributed by atoms with Crippen molar-refractivity contribution >= 4 is 15.7 Å². The highest BCUT2D eigenvalue weighted by Crippen LogP contribution is 2.25. The molecule has 0 aliphatic rings. The highest BCUT2D eigenvalue weighted by molar-refractivity contribution is 7.92. The third kappa shape index (κ3) is 3.62. The molecule has 1 atom stereocenters. The topological polar surface area (TPSA) is 37.4 Å². The minimum absolute atomic E-state index is 0.0740. The SMILES string of the molecule is Cc1ccc(N(CC(C)F)S(=O)(=O)c2ccc(F)cc2)cc1. The minimum atomic E-state index is -3.95. The number of hydrogen-bond donors (Lipinski definition) is 0. The standard InChI is InChI=1S/C16H17F2NO2S/c1-12-3-7-15(8-4-12)19(11-13(2)17)22(20,21)16-9-5-14(18)6-10-16/h3-10,13H,11H2,1-2H3. The fourth-order valence-electron chi connectivity index (χ4n) is 2.02. The molecule has 0 N–H and O–H groups in total. The van der Waals surface area contributed by atoms with E-state index in [0.717, 1.165) is 22.0 Å². The summed E-state index contributed by atoms with van der Waals surface area (Å²) in [6, 6.07) is 11.2. The largest absolute Gasteiger partial charge is 0.264 e. The van der Waals surface area contributed by atoms with Crippen LogP contribution >= 0.6 is 0 Å². The lowest BCUT2D eigenvalue weighted by Gasteiger charge is -2.25. The van der Waals surface area contributed by atoms with Crippen LogP contribution in [-0.4, -0.2) is 21.1 Å². The Hall–Kier alpha value is -1.95. The van der Waals surface area contributed by atoms with Crippen molar-refractivity contribution in [1.82, 2.24) is 0 Å². The van der Waals surface area contributed by atoms with Gasteiger partial charge in [0.2, 0.25) is 0 Å². The molecule has 22 heavy (non-hydrogen) atoms. The predicted molar refractivity (Wildman–Crippen MR) is 82.7 cm³/mol. The second-order valence-corrected chi connectivity index (χ2v) is 6.97. The van der Waals surface area contributed by atoms with Crippen molar-refractivity contribution in [1.29, 1.82) is 0 Å². The summed E-state index contributed by atoms with van der Waals surface area (Å²) in [7, 11) is -3.95. The van der Waals surface area contributed by atoms with Gasteiger partial charge in [-0.3, -0.25) is 4.31 Å². The Bertz CT molecular complexity index is 726. The fourth-order valence-corrected chi connectivity index (χ4v) is 3.55. The lowest BCUT2D eigenvalue weighted by molar-refractivity contribution is 0.370. The maximum absolute atomic E-state index is 13.5. The van der Waals surface area contributed by atoms with Gasteiger partial charge in [-0.1, -0.05) is 17.7 Å². The van der Waals surface area contributed by atoms with Crippen molar-refractivity contribution in [3.05, 3.63) is 59.9 Å². The number of halogens is 2. The number of nitrogens with zero attached hydrogens (tertiary/aromatic N) is 1. The van der Waals surface area contributed by atoms with Gasteiger partial charge in [-0.25, -0.2) is 17.2 Å². The van der Waals surface area contributed by atoms with E-state index in [1.54, 1.807) is 24.3 Å². The first-order valence-electron chi connectivity index (χ1n) is 6.80. The Labute approximate surface area is 129 Å². The molecular formula is C16H17F2NO2S. The predicted octanol–water partition coefficient (Wildman–Crippen LogP) is 3.69. The lowest BCUT2D eigenvalue weighted by Crippen LogP contribution is -2.35. The number of benzene rings is 2. The molecule has 1 unspecified atom stereocenters. The van der Waals surface area contributed by atoms with Crippen molar-refractivity contribution < 1.29 is 17.2 Å². The van der Waals surface area contributed by atoms with E-state index in [4.69, 9.17) is 0 Å². The van der Waals surface area contributed by atoms with E-state index in [1.807, 2.05) is 6.92 Å². The number of alkyl halides is 1. The first-order chi connectivity index (χ1) is 10.3. The number of aryl methyl sites for hydroxylation is 1. The van der Waals surface area contributed by atoms with Gasteiger partial charge in [0.25, 0.3) is 10.0 Å². The van der Waals surface area contributed by atoms with Crippen LogP contribution in [0.1, 0.15) is 12.5 Å². The molecule has 0 heterocycles. The van der Waals surface area contributed by atoms with Gasteiger partial charge in [-0.2, -0.15) is 0 Å². The normalized spacial score (nSPS) is 12.9. The van der Waals surface area contributed by atoms with Gasteiger partial charge in [0.1, 0.15) is 12.0 Å². The number of anilines is 1. The van der Waals surface area contributed by atoms with Crippen molar-refractivity contribution in [3.8, 4) is 0 Å². The van der Waals surface area contributed by atoms with E-state index in [0.29, 0.717) is 5.69 Å². The van der Waals surface area contributed by atoms with Crippen LogP contribution in [0.15, 0.2) is 53.4 Å². The van der Waals surface area contributed by atoms with Crippen LogP contribution in [0.2, 0.25) is 0 Å². The Morgan fingerprint density at radius 3 is 2.09 bits per heavy atom. The van der Waals surface area contributed by atoms with Gasteiger partial charge in [-0.15, -0.1) is 0 Å². The summed E-state index contributed by atoms with van der Waals surface area (Å²) in [5.74, 6) is -0.528. The van der Waals surface area contributed by atoms with Crippen LogP contribution in [0.5, 0.6) is 0 Å². The Balaban J connectivity index is 2.48. The van der Waals surface area contributed by atoms with Crippen molar-refractivity contribution in [2.45, 2.75) is 24.9 Å². The molecule has 0 aromatic heterocycles. The minimum Gasteiger partial charge on any atom is -0.263 e. The van der Waals surface area contributed by atoms with Gasteiger partial charge in [-0.05, 0) is 50.2 Å². The number of sulfonamides is 1. The Kier molecular flexibility index (Phi) is 4.81. The van der Waals surface area contributed by atoms with Gasteiger partial charge in [0, 0.05) is 0 Å². The average Bonchev–Trinajstić information content (AvgIpc) is 2.46. The molecule has 3 nitrogen and oxygen atoms in total. The second kappa shape index (κ2) is 6.44. The van der Waals surface area contributed by atoms with Crippen molar-refractivity contribution in [2.75, 3.05) is 10.8 Å². The van der Waals surface area contributed by atoms with Crippen LogP contribution in [0.4, 0.5) is 14.5 Å². The molecule has 0 amide bonds. The van der Waals surface area contributed by atoms with Crippen LogP contribution in [0.3, 0.4) is 0 Å². The Morgan fingerprint density at radius 1 is 1.05 bits per heavy atom. The van der Waals surface area contributed by atoms with Crippen molar-refractivity contribution in [3.63, 3.8) is 0 Å². The second-order valence-electron chi connectivity index (χ2n) is 5.11. The van der Waals surface area contributed by atoms with E-state index < -0.39 is 22.0 Å². The molecule has 0 saturated heterocycles. The summed E-state index contributed by atoms with van der Waals surface area (Å²) < 4.78 is 52.9. The zero-order valence-corrected chi connectivity index (χ0v) is 13.1. The lowest BCUT2D eigenvalue weighted by atomic mass is 10.2. The first kappa shape index (κ1) is 16.4. The zero-order chi connectivity index (χ0) is 16.3. The zero-order valence-electron chi connectivity index (χ0n) is 12.3. The van der Waals surface area contributed by atoms with Gasteiger partial charge in [0.05, 0.1) is 17.1 Å². The van der Waals surface area contributed by atoms with Gasteiger partial charge >= 0.3 is 0 Å². The van der Waals surface area contributed by atoms with E-state index >= 15 is 0 Å². The van der Waals surface area contributed by atoms with E-state index in [-0.39, 0.29) is 11.4 Å². The number of hydrogen-bond acceptors (Lipinski definition) is 2. The molecule has 0 aliphatic carbocycles. The molecule has 2 aromatic rings. The monoisotopic (exact) mass is 325 g/mol. The van der Waals surface area contributed by atoms with E-state index in [2.05, 4.69) is 0 Å². The van der Waals surface area contributed by atoms with E-state index in [9.17, 15) is 17.2 Å². The molecule has 0 bridgehead atoms. The maximum atomic E-state index is 13.5. The van der Waals surface area contributed by atoms with Crippen LogP contribution in [-0.2, 0) is 10.0 Å². The van der Waals surface area contributed by atoms with Gasteiger partial charge < -0.3 is 0 Å². The highest BCUT2D eigenvalue weighted by atomic mass is 32.2. The third-order valence-corrected chi connectivity index (χ3v) is 4.95. The molecular weight excluding hydrogens is 308 g/mol. The van der Waals surface area contributed by atoms with Gasteiger partial charge in [0.15, 0.2) is 0 Å². The first-order valence-corrected chi connectivity index (χ1v) is 8.24. The molecule has 0 radical (unpaired) electrons. The summed E-state index contributed by atoms with van der Waals surface area (Å²) in [4.78, 5) is -0.0740. The molecule has 6 heteroatoms. The summed E-state index contributed by atoms with van der Waals surface area (Å²) in [5.41, 5.74) is 1.34.